The third kappa shape index (κ3) is 3.39. The molecule has 1 saturated carbocycles. The Labute approximate surface area is 201 Å². The molecule has 7 heteroatoms. The molecule has 1 amide bonds. The number of nitrogens with zero attached hydrogens (tertiary/aromatic N) is 2. The molecule has 0 radical (unpaired) electrons. The first kappa shape index (κ1) is 22.1. The normalized spacial score (nSPS) is 27.2. The van der Waals surface area contributed by atoms with Gasteiger partial charge in [-0.15, -0.1) is 0 Å². The van der Waals surface area contributed by atoms with E-state index >= 15 is 0 Å². The predicted molar refractivity (Wildman–Crippen MR) is 135 cm³/mol. The minimum atomic E-state index is -0.384. The number of aromatic amines is 1. The van der Waals surface area contributed by atoms with Crippen LogP contribution in [0.25, 0.3) is 21.8 Å². The summed E-state index contributed by atoms with van der Waals surface area (Å²) in [4.78, 5) is 23.7. The van der Waals surface area contributed by atoms with E-state index in [1.807, 2.05) is 0 Å². The number of aromatic nitrogens is 2. The van der Waals surface area contributed by atoms with Gasteiger partial charge in [-0.3, -0.25) is 4.79 Å². The maximum Gasteiger partial charge on any atom is 0.494 e. The molecule has 3 aliphatic rings. The number of H-pyrrole nitrogens is 1. The standard InChI is InChI=1S/C27H34BN3O3/c1-15(2)11-23(32)31-21-13-17(21)14-22(31)25-29-20-10-7-16-12-18(8-9-19(16)24(20)30-25)28-33-26(3,4)27(5,6)34-28/h7-10,12,15,17,21-22H,11,13-14H2,1-6H3,(H,29,30)/t17?,21-,22-/m0/s1. The Hall–Kier alpha value is -2.38. The van der Waals surface area contributed by atoms with Crippen LogP contribution in [0.15, 0.2) is 30.3 Å². The van der Waals surface area contributed by atoms with Crippen molar-refractivity contribution < 1.29 is 14.1 Å². The van der Waals surface area contributed by atoms with E-state index in [1.165, 1.54) is 0 Å². The number of nitrogens with one attached hydrogen (secondary N) is 1. The highest BCUT2D eigenvalue weighted by Gasteiger charge is 2.55. The quantitative estimate of drug-likeness (QED) is 0.574. The molecule has 2 aromatic carbocycles. The van der Waals surface area contributed by atoms with Gasteiger partial charge < -0.3 is 19.2 Å². The maximum absolute atomic E-state index is 13.0. The number of carbonyl (C=O) groups is 1. The van der Waals surface area contributed by atoms with E-state index in [-0.39, 0.29) is 30.3 Å². The molecule has 3 fully saturated rings. The lowest BCUT2D eigenvalue weighted by atomic mass is 9.78. The lowest BCUT2D eigenvalue weighted by Gasteiger charge is -2.32. The van der Waals surface area contributed by atoms with Gasteiger partial charge in [-0.05, 0) is 69.3 Å². The van der Waals surface area contributed by atoms with E-state index in [2.05, 4.69) is 81.8 Å². The van der Waals surface area contributed by atoms with Gasteiger partial charge in [0.05, 0.1) is 28.3 Å². The van der Waals surface area contributed by atoms with Crippen molar-refractivity contribution in [2.75, 3.05) is 0 Å². The molecular weight excluding hydrogens is 425 g/mol. The summed E-state index contributed by atoms with van der Waals surface area (Å²) in [5.74, 6) is 2.18. The Morgan fingerprint density at radius 1 is 1.15 bits per heavy atom. The molecule has 178 valence electrons. The van der Waals surface area contributed by atoms with Crippen molar-refractivity contribution in [3.8, 4) is 0 Å². The highest BCUT2D eigenvalue weighted by Crippen LogP contribution is 2.53. The lowest BCUT2D eigenvalue weighted by molar-refractivity contribution is -0.134. The molecule has 1 aliphatic carbocycles. The zero-order valence-corrected chi connectivity index (χ0v) is 21.0. The second kappa shape index (κ2) is 7.31. The highest BCUT2D eigenvalue weighted by molar-refractivity contribution is 6.62. The van der Waals surface area contributed by atoms with Crippen LogP contribution in [-0.2, 0) is 14.1 Å². The number of imidazole rings is 1. The fourth-order valence-electron chi connectivity index (χ4n) is 5.64. The number of fused-ring (bicyclic) bond motifs is 4. The summed E-state index contributed by atoms with van der Waals surface area (Å²) in [6.07, 6.45) is 2.76. The van der Waals surface area contributed by atoms with Crippen molar-refractivity contribution in [2.24, 2.45) is 11.8 Å². The number of rotatable bonds is 4. The van der Waals surface area contributed by atoms with Gasteiger partial charge in [0.15, 0.2) is 0 Å². The van der Waals surface area contributed by atoms with Gasteiger partial charge in [-0.2, -0.15) is 0 Å². The first-order valence-corrected chi connectivity index (χ1v) is 12.6. The van der Waals surface area contributed by atoms with Crippen molar-refractivity contribution >= 4 is 40.3 Å². The van der Waals surface area contributed by atoms with E-state index in [0.29, 0.717) is 24.3 Å². The average molecular weight is 459 g/mol. The zero-order valence-electron chi connectivity index (χ0n) is 21.0. The van der Waals surface area contributed by atoms with Crippen LogP contribution in [-0.4, -0.2) is 45.1 Å². The van der Waals surface area contributed by atoms with Crippen molar-refractivity contribution in [3.05, 3.63) is 36.2 Å². The van der Waals surface area contributed by atoms with Gasteiger partial charge in [-0.25, -0.2) is 4.98 Å². The Morgan fingerprint density at radius 2 is 1.88 bits per heavy atom. The summed E-state index contributed by atoms with van der Waals surface area (Å²) in [6, 6.07) is 11.0. The van der Waals surface area contributed by atoms with Gasteiger partial charge in [0.25, 0.3) is 0 Å². The second-order valence-corrected chi connectivity index (χ2v) is 11.9. The molecule has 2 aliphatic heterocycles. The summed E-state index contributed by atoms with van der Waals surface area (Å²) in [7, 11) is -0.384. The minimum absolute atomic E-state index is 0.0569. The molecule has 6 rings (SSSR count). The first-order chi connectivity index (χ1) is 16.0. The van der Waals surface area contributed by atoms with Crippen LogP contribution in [0.3, 0.4) is 0 Å². The number of hydrogen-bond acceptors (Lipinski definition) is 4. The van der Waals surface area contributed by atoms with Gasteiger partial charge in [-0.1, -0.05) is 38.1 Å². The van der Waals surface area contributed by atoms with Gasteiger partial charge in [0, 0.05) is 17.8 Å². The van der Waals surface area contributed by atoms with E-state index in [4.69, 9.17) is 14.3 Å². The molecular formula is C27H34BN3O3. The summed E-state index contributed by atoms with van der Waals surface area (Å²) in [5.41, 5.74) is 2.26. The Balaban J connectivity index is 1.33. The average Bonchev–Trinajstić information content (AvgIpc) is 3.12. The van der Waals surface area contributed by atoms with E-state index in [0.717, 1.165) is 45.9 Å². The van der Waals surface area contributed by atoms with E-state index in [1.54, 1.807) is 0 Å². The summed E-state index contributed by atoms with van der Waals surface area (Å²) in [5, 5.41) is 2.21. The van der Waals surface area contributed by atoms with Gasteiger partial charge in [0.1, 0.15) is 5.82 Å². The minimum Gasteiger partial charge on any atom is -0.399 e. The maximum atomic E-state index is 13.0. The number of benzene rings is 2. The van der Waals surface area contributed by atoms with Crippen LogP contribution in [0.4, 0.5) is 0 Å². The monoisotopic (exact) mass is 459 g/mol. The van der Waals surface area contributed by atoms with Crippen molar-refractivity contribution in [2.45, 2.75) is 84.1 Å². The summed E-state index contributed by atoms with van der Waals surface area (Å²) in [6.45, 7) is 12.5. The Kier molecular flexibility index (Phi) is 4.76. The summed E-state index contributed by atoms with van der Waals surface area (Å²) >= 11 is 0. The lowest BCUT2D eigenvalue weighted by Crippen LogP contribution is -2.41. The molecule has 3 heterocycles. The Bertz CT molecular complexity index is 1280. The van der Waals surface area contributed by atoms with Crippen LogP contribution in [0.5, 0.6) is 0 Å². The van der Waals surface area contributed by atoms with E-state index < -0.39 is 0 Å². The SMILES string of the molecule is CC(C)CC(=O)N1[C@H](c2nc3c(ccc4cc(B5OC(C)(C)C(C)(C)O5)ccc43)[nH]2)CC2C[C@@H]21. The molecule has 1 N–H and O–H groups in total. The molecule has 6 nitrogen and oxygen atoms in total. The van der Waals surface area contributed by atoms with Crippen molar-refractivity contribution in [3.63, 3.8) is 0 Å². The third-order valence-electron chi connectivity index (χ3n) is 8.33. The number of carbonyl (C=O) groups excluding carboxylic acids is 1. The Morgan fingerprint density at radius 3 is 2.59 bits per heavy atom. The predicted octanol–water partition coefficient (Wildman–Crippen LogP) is 4.72. The number of likely N-dealkylation sites (tertiary alicyclic amines) is 1. The number of piperidine rings is 1. The van der Waals surface area contributed by atoms with E-state index in [9.17, 15) is 4.79 Å². The molecule has 3 atom stereocenters. The first-order valence-electron chi connectivity index (χ1n) is 12.6. The largest absolute Gasteiger partial charge is 0.494 e. The topological polar surface area (TPSA) is 67.5 Å². The van der Waals surface area contributed by atoms with Crippen molar-refractivity contribution in [1.82, 2.24) is 14.9 Å². The molecule has 2 saturated heterocycles. The van der Waals surface area contributed by atoms with Crippen molar-refractivity contribution in [1.29, 1.82) is 0 Å². The zero-order chi connectivity index (χ0) is 24.0. The molecule has 34 heavy (non-hydrogen) atoms. The summed E-state index contributed by atoms with van der Waals surface area (Å²) < 4.78 is 12.5. The number of hydrogen-bond donors (Lipinski definition) is 1. The van der Waals surface area contributed by atoms with Gasteiger partial charge in [0.2, 0.25) is 5.91 Å². The van der Waals surface area contributed by atoms with Crippen LogP contribution in [0.2, 0.25) is 0 Å². The fraction of sp³-hybridized carbons (Fsp3) is 0.556. The number of amides is 1. The van der Waals surface area contributed by atoms with Crippen LogP contribution in [0, 0.1) is 11.8 Å². The van der Waals surface area contributed by atoms with Crippen LogP contribution >= 0.6 is 0 Å². The second-order valence-electron chi connectivity index (χ2n) is 11.9. The highest BCUT2D eigenvalue weighted by atomic mass is 16.7. The van der Waals surface area contributed by atoms with Crippen LogP contribution < -0.4 is 5.46 Å². The smallest absolute Gasteiger partial charge is 0.399 e. The van der Waals surface area contributed by atoms with Crippen LogP contribution in [0.1, 0.15) is 72.7 Å². The molecule has 1 unspecified atom stereocenters. The third-order valence-corrected chi connectivity index (χ3v) is 8.33. The molecule has 3 aromatic rings. The molecule has 1 aromatic heterocycles. The molecule has 0 bridgehead atoms. The van der Waals surface area contributed by atoms with Gasteiger partial charge >= 0.3 is 7.12 Å². The fourth-order valence-corrected chi connectivity index (χ4v) is 5.64. The molecule has 0 spiro atoms.